The number of amides is 3. The second-order valence-electron chi connectivity index (χ2n) is 4.82. The molecule has 0 aromatic heterocycles. The molecule has 0 radical (unpaired) electrons. The third-order valence-electron chi connectivity index (χ3n) is 2.80. The molecule has 0 fully saturated rings. The second-order valence-corrected chi connectivity index (χ2v) is 4.82. The van der Waals surface area contributed by atoms with Crippen LogP contribution in [-0.4, -0.2) is 48.1 Å². The molecule has 0 saturated carbocycles. The van der Waals surface area contributed by atoms with Gasteiger partial charge in [-0.3, -0.25) is 14.4 Å². The molecule has 0 bridgehead atoms. The van der Waals surface area contributed by atoms with Crippen LogP contribution in [0.15, 0.2) is 30.3 Å². The maximum absolute atomic E-state index is 11.5. The number of carboxylic acids is 1. The van der Waals surface area contributed by atoms with Gasteiger partial charge in [-0.1, -0.05) is 30.3 Å². The first kappa shape index (κ1) is 21.9. The van der Waals surface area contributed by atoms with Crippen molar-refractivity contribution in [3.05, 3.63) is 35.9 Å². The van der Waals surface area contributed by atoms with Crippen LogP contribution >= 0.6 is 0 Å². The minimum absolute atomic E-state index is 0. The summed E-state index contributed by atoms with van der Waals surface area (Å²) in [6.45, 7) is 0.614. The fourth-order valence-electron chi connectivity index (χ4n) is 1.52. The number of alkyl carbamates (subject to hydrolysis) is 1. The third-order valence-corrected chi connectivity index (χ3v) is 2.80. The van der Waals surface area contributed by atoms with Crippen LogP contribution in [0, 0.1) is 0 Å². The zero-order valence-electron chi connectivity index (χ0n) is 13.8. The summed E-state index contributed by atoms with van der Waals surface area (Å²) >= 11 is 0. The molecule has 10 heteroatoms. The van der Waals surface area contributed by atoms with Gasteiger partial charge in [-0.25, -0.2) is 4.79 Å². The number of benzene rings is 1. The Hall–Kier alpha value is -3.14. The van der Waals surface area contributed by atoms with Crippen molar-refractivity contribution in [2.75, 3.05) is 13.1 Å². The number of hydrogen-bond donors (Lipinski definition) is 5. The highest BCUT2D eigenvalue weighted by molar-refractivity contribution is 5.89. The first-order valence-corrected chi connectivity index (χ1v) is 7.12. The van der Waals surface area contributed by atoms with Gasteiger partial charge in [0.25, 0.3) is 0 Å². The summed E-state index contributed by atoms with van der Waals surface area (Å²) in [7, 11) is 0. The summed E-state index contributed by atoms with van der Waals surface area (Å²) in [5, 5.41) is 15.3. The fourth-order valence-corrected chi connectivity index (χ4v) is 1.52. The lowest BCUT2D eigenvalue weighted by Gasteiger charge is -2.10. The van der Waals surface area contributed by atoms with Crippen molar-refractivity contribution in [3.63, 3.8) is 0 Å². The van der Waals surface area contributed by atoms with Gasteiger partial charge in [-0.15, -0.1) is 0 Å². The molecular formula is C15H22N4O6. The van der Waals surface area contributed by atoms with E-state index in [1.54, 1.807) is 24.3 Å². The molecule has 0 aliphatic rings. The van der Waals surface area contributed by atoms with Crippen molar-refractivity contribution < 1.29 is 29.0 Å². The van der Waals surface area contributed by atoms with Crippen molar-refractivity contribution in [1.82, 2.24) is 22.1 Å². The number of carbonyl (C=O) groups excluding carboxylic acids is 3. The Labute approximate surface area is 144 Å². The smallest absolute Gasteiger partial charge is 0.407 e. The molecule has 10 nitrogen and oxygen atoms in total. The number of rotatable bonds is 8. The van der Waals surface area contributed by atoms with Gasteiger partial charge in [-0.05, 0) is 12.5 Å². The summed E-state index contributed by atoms with van der Waals surface area (Å²) in [5.74, 6) is -2.44. The Bertz CT molecular complexity index is 593. The largest absolute Gasteiger partial charge is 0.480 e. The molecule has 0 spiro atoms. The lowest BCUT2D eigenvalue weighted by molar-refractivity contribution is -0.141. The van der Waals surface area contributed by atoms with Crippen LogP contribution in [0.1, 0.15) is 12.5 Å². The number of aliphatic carboxylic acids is 1. The van der Waals surface area contributed by atoms with Crippen LogP contribution in [0.2, 0.25) is 0 Å². The molecule has 0 saturated heterocycles. The van der Waals surface area contributed by atoms with Crippen molar-refractivity contribution >= 4 is 23.9 Å². The van der Waals surface area contributed by atoms with E-state index in [2.05, 4.69) is 16.0 Å². The standard InChI is InChI=1S/C15H19N3O6.H3N/c1-10(14(21)22)18-13(20)8-16-12(19)7-17-15(23)24-9-11-5-3-2-4-6-11;/h2-6,10H,7-9H2,1H3,(H,16,19)(H,17,23)(H,18,20)(H,21,22);1H3/t10-;/m0./s1. The van der Waals surface area contributed by atoms with Crippen molar-refractivity contribution in [2.24, 2.45) is 0 Å². The fraction of sp³-hybridized carbons (Fsp3) is 0.333. The molecule has 0 aliphatic heterocycles. The van der Waals surface area contributed by atoms with E-state index >= 15 is 0 Å². The molecule has 0 aliphatic carbocycles. The Kier molecular flexibility index (Phi) is 9.97. The number of carboxylic acid groups (broad SMARTS) is 1. The molecule has 3 amide bonds. The normalized spacial score (nSPS) is 10.6. The summed E-state index contributed by atoms with van der Waals surface area (Å²) in [4.78, 5) is 44.8. The van der Waals surface area contributed by atoms with Gasteiger partial charge in [0.2, 0.25) is 11.8 Å². The van der Waals surface area contributed by atoms with E-state index in [4.69, 9.17) is 9.84 Å². The molecular weight excluding hydrogens is 332 g/mol. The van der Waals surface area contributed by atoms with E-state index in [0.29, 0.717) is 0 Å². The van der Waals surface area contributed by atoms with Crippen LogP contribution in [-0.2, 0) is 25.7 Å². The predicted octanol–water partition coefficient (Wildman–Crippen LogP) is -0.220. The first-order valence-electron chi connectivity index (χ1n) is 7.12. The highest BCUT2D eigenvalue weighted by Gasteiger charge is 2.14. The van der Waals surface area contributed by atoms with E-state index < -0.39 is 36.5 Å². The summed E-state index contributed by atoms with van der Waals surface area (Å²) < 4.78 is 4.91. The summed E-state index contributed by atoms with van der Waals surface area (Å²) in [5.41, 5.74) is 0.807. The van der Waals surface area contributed by atoms with E-state index in [-0.39, 0.29) is 19.3 Å². The van der Waals surface area contributed by atoms with Gasteiger partial charge in [0, 0.05) is 0 Å². The highest BCUT2D eigenvalue weighted by Crippen LogP contribution is 2.00. The van der Waals surface area contributed by atoms with Crippen molar-refractivity contribution in [2.45, 2.75) is 19.6 Å². The maximum atomic E-state index is 11.5. The van der Waals surface area contributed by atoms with E-state index in [1.807, 2.05) is 6.07 Å². The average molecular weight is 354 g/mol. The van der Waals surface area contributed by atoms with Gasteiger partial charge in [0.1, 0.15) is 19.2 Å². The van der Waals surface area contributed by atoms with Crippen LogP contribution in [0.5, 0.6) is 0 Å². The van der Waals surface area contributed by atoms with Gasteiger partial charge < -0.3 is 31.9 Å². The second kappa shape index (κ2) is 11.4. The van der Waals surface area contributed by atoms with Crippen LogP contribution in [0.4, 0.5) is 4.79 Å². The lowest BCUT2D eigenvalue weighted by atomic mass is 10.2. The van der Waals surface area contributed by atoms with E-state index in [1.165, 1.54) is 6.92 Å². The van der Waals surface area contributed by atoms with E-state index in [0.717, 1.165) is 5.56 Å². The summed E-state index contributed by atoms with van der Waals surface area (Å²) in [6, 6.07) is 7.97. The zero-order chi connectivity index (χ0) is 17.9. The number of hydrogen-bond acceptors (Lipinski definition) is 6. The zero-order valence-corrected chi connectivity index (χ0v) is 13.8. The predicted molar refractivity (Wildman–Crippen MR) is 87.9 cm³/mol. The Morgan fingerprint density at radius 2 is 1.64 bits per heavy atom. The van der Waals surface area contributed by atoms with Crippen LogP contribution < -0.4 is 22.1 Å². The highest BCUT2D eigenvalue weighted by atomic mass is 16.5. The number of nitrogens with one attached hydrogen (secondary N) is 3. The monoisotopic (exact) mass is 354 g/mol. The topological polar surface area (TPSA) is 169 Å². The third kappa shape index (κ3) is 9.56. The number of ether oxygens (including phenoxy) is 1. The first-order chi connectivity index (χ1) is 11.4. The van der Waals surface area contributed by atoms with Gasteiger partial charge >= 0.3 is 12.1 Å². The molecule has 1 aromatic rings. The molecule has 138 valence electrons. The lowest BCUT2D eigenvalue weighted by Crippen LogP contribution is -2.45. The molecule has 0 heterocycles. The SMILES string of the molecule is C[C@H](NC(=O)CNC(=O)CNC(=O)OCc1ccccc1)C(=O)O.N. The van der Waals surface area contributed by atoms with Gasteiger partial charge in [0.15, 0.2) is 0 Å². The molecule has 1 aromatic carbocycles. The summed E-state index contributed by atoms with van der Waals surface area (Å²) in [6.07, 6.45) is -0.766. The van der Waals surface area contributed by atoms with Crippen LogP contribution in [0.25, 0.3) is 0 Å². The van der Waals surface area contributed by atoms with Gasteiger partial charge in [0.05, 0.1) is 6.54 Å². The minimum atomic E-state index is -1.18. The quantitative estimate of drug-likeness (QED) is 0.430. The average Bonchev–Trinajstić information content (AvgIpc) is 2.57. The Morgan fingerprint density at radius 1 is 1.04 bits per heavy atom. The van der Waals surface area contributed by atoms with Crippen LogP contribution in [0.3, 0.4) is 0 Å². The van der Waals surface area contributed by atoms with Gasteiger partial charge in [-0.2, -0.15) is 0 Å². The molecule has 1 atom stereocenters. The molecule has 25 heavy (non-hydrogen) atoms. The van der Waals surface area contributed by atoms with E-state index in [9.17, 15) is 19.2 Å². The Balaban J connectivity index is 0.00000576. The molecule has 0 unspecified atom stereocenters. The molecule has 1 rings (SSSR count). The maximum Gasteiger partial charge on any atom is 0.407 e. The number of carbonyl (C=O) groups is 4. The minimum Gasteiger partial charge on any atom is -0.480 e. The van der Waals surface area contributed by atoms with Crippen molar-refractivity contribution in [1.29, 1.82) is 0 Å². The van der Waals surface area contributed by atoms with Crippen molar-refractivity contribution in [3.8, 4) is 0 Å². The Morgan fingerprint density at radius 3 is 2.24 bits per heavy atom. The molecule has 7 N–H and O–H groups in total.